The number of fused-ring (bicyclic) bond motifs is 5. The Balaban J connectivity index is 1.55. The zero-order chi connectivity index (χ0) is 18.8. The van der Waals surface area contributed by atoms with Crippen LogP contribution in [0, 0.1) is 11.8 Å². The quantitative estimate of drug-likeness (QED) is 0.769. The van der Waals surface area contributed by atoms with Gasteiger partial charge in [-0.3, -0.25) is 9.69 Å². The molecule has 0 aromatic heterocycles. The molecule has 1 aromatic rings. The summed E-state index contributed by atoms with van der Waals surface area (Å²) in [5, 5.41) is 3.09. The van der Waals surface area contributed by atoms with E-state index >= 15 is 0 Å². The smallest absolute Gasteiger partial charge is 0.337 e. The number of amides is 1. The predicted molar refractivity (Wildman–Crippen MR) is 99.0 cm³/mol. The molecule has 2 unspecified atom stereocenters. The Labute approximate surface area is 158 Å². The number of carbonyl (C=O) groups excluding carboxylic acids is 2. The molecular weight excluding hydrogens is 344 g/mol. The number of hydrogen-bond donors (Lipinski definition) is 1. The molecule has 0 radical (unpaired) electrons. The fourth-order valence-electron chi connectivity index (χ4n) is 5.77. The van der Waals surface area contributed by atoms with Crippen LogP contribution in [-0.2, 0) is 24.5 Å². The monoisotopic (exact) mass is 368 g/mol. The summed E-state index contributed by atoms with van der Waals surface area (Å²) < 4.78 is 10.8. The molecule has 142 valence electrons. The Bertz CT molecular complexity index is 850. The minimum atomic E-state index is -0.523. The number of hydrogen-bond acceptors (Lipinski definition) is 5. The highest BCUT2D eigenvalue weighted by Gasteiger charge is 2.61. The lowest BCUT2D eigenvalue weighted by atomic mass is 9.66. The van der Waals surface area contributed by atoms with E-state index in [-0.39, 0.29) is 35.9 Å². The lowest BCUT2D eigenvalue weighted by Gasteiger charge is -2.48. The number of para-hydroxylation sites is 1. The second-order valence-electron chi connectivity index (χ2n) is 8.14. The van der Waals surface area contributed by atoms with Crippen LogP contribution in [0.1, 0.15) is 25.3 Å². The van der Waals surface area contributed by atoms with E-state index in [9.17, 15) is 9.59 Å². The molecule has 1 amide bonds. The van der Waals surface area contributed by atoms with Crippen molar-refractivity contribution in [2.24, 2.45) is 11.8 Å². The van der Waals surface area contributed by atoms with Gasteiger partial charge < -0.3 is 14.8 Å². The van der Waals surface area contributed by atoms with E-state index in [1.54, 1.807) is 6.26 Å². The average molecular weight is 368 g/mol. The van der Waals surface area contributed by atoms with Crippen molar-refractivity contribution >= 4 is 17.6 Å². The fourth-order valence-corrected chi connectivity index (χ4v) is 5.77. The van der Waals surface area contributed by atoms with Crippen molar-refractivity contribution in [3.63, 3.8) is 0 Å². The summed E-state index contributed by atoms with van der Waals surface area (Å²) in [6.45, 7) is 3.79. The Morgan fingerprint density at radius 2 is 2.19 bits per heavy atom. The van der Waals surface area contributed by atoms with Crippen molar-refractivity contribution < 1.29 is 19.1 Å². The standard InChI is InChI=1S/C21H24N2O4/c1-12-14-10-23-8-7-21(16-5-3-4-6-17(16)22-20(21)25)18(23)9-13(14)15(11-27-12)19(24)26-2/h3-6,11-14,18H,7-10H2,1-2H3,(H,22,25)/t12-,13-,14-,18?,21?/m1/s1. The third kappa shape index (κ3) is 2.16. The molecule has 2 fully saturated rings. The summed E-state index contributed by atoms with van der Waals surface area (Å²) in [5.74, 6) is 0.0558. The molecule has 4 aliphatic rings. The zero-order valence-electron chi connectivity index (χ0n) is 15.6. The molecule has 2 saturated heterocycles. The van der Waals surface area contributed by atoms with Crippen molar-refractivity contribution in [2.75, 3.05) is 25.5 Å². The summed E-state index contributed by atoms with van der Waals surface area (Å²) in [6, 6.07) is 8.10. The van der Waals surface area contributed by atoms with Gasteiger partial charge in [0.15, 0.2) is 0 Å². The molecule has 1 aromatic carbocycles. The molecule has 5 atom stereocenters. The van der Waals surface area contributed by atoms with Gasteiger partial charge in [0.05, 0.1) is 30.5 Å². The lowest BCUT2D eigenvalue weighted by Crippen LogP contribution is -2.56. The van der Waals surface area contributed by atoms with Crippen molar-refractivity contribution in [3.05, 3.63) is 41.7 Å². The molecule has 0 aliphatic carbocycles. The SMILES string of the molecule is COC(=O)C1=CO[C@H](C)[C@H]2CN3CCC4(C(=O)Nc5ccccc54)C3C[C@@H]12. The van der Waals surface area contributed by atoms with Crippen molar-refractivity contribution in [3.8, 4) is 0 Å². The highest BCUT2D eigenvalue weighted by molar-refractivity contribution is 6.07. The minimum Gasteiger partial charge on any atom is -0.497 e. The number of rotatable bonds is 1. The first-order valence-corrected chi connectivity index (χ1v) is 9.65. The molecule has 1 N–H and O–H groups in total. The van der Waals surface area contributed by atoms with E-state index in [0.29, 0.717) is 5.57 Å². The first-order valence-electron chi connectivity index (χ1n) is 9.65. The van der Waals surface area contributed by atoms with Crippen molar-refractivity contribution in [1.29, 1.82) is 0 Å². The van der Waals surface area contributed by atoms with Crippen LogP contribution in [0.2, 0.25) is 0 Å². The summed E-state index contributed by atoms with van der Waals surface area (Å²) in [5.41, 5.74) is 2.11. The molecule has 0 saturated carbocycles. The van der Waals surface area contributed by atoms with Crippen LogP contribution in [0.5, 0.6) is 0 Å². The van der Waals surface area contributed by atoms with Gasteiger partial charge in [-0.25, -0.2) is 4.79 Å². The fraction of sp³-hybridized carbons (Fsp3) is 0.524. The average Bonchev–Trinajstić information content (AvgIpc) is 3.20. The number of nitrogens with zero attached hydrogens (tertiary/aromatic N) is 1. The summed E-state index contributed by atoms with van der Waals surface area (Å²) in [6.07, 6.45) is 3.20. The van der Waals surface area contributed by atoms with Crippen LogP contribution in [-0.4, -0.2) is 49.1 Å². The first-order chi connectivity index (χ1) is 13.1. The van der Waals surface area contributed by atoms with Gasteiger partial charge in [0, 0.05) is 30.1 Å². The van der Waals surface area contributed by atoms with Crippen LogP contribution in [0.25, 0.3) is 0 Å². The Morgan fingerprint density at radius 3 is 3.00 bits per heavy atom. The van der Waals surface area contributed by atoms with Gasteiger partial charge in [-0.2, -0.15) is 0 Å². The van der Waals surface area contributed by atoms with Crippen LogP contribution in [0.4, 0.5) is 5.69 Å². The number of nitrogens with one attached hydrogen (secondary N) is 1. The van der Waals surface area contributed by atoms with Crippen LogP contribution in [0.3, 0.4) is 0 Å². The summed E-state index contributed by atoms with van der Waals surface area (Å²) in [4.78, 5) is 27.9. The Kier molecular flexibility index (Phi) is 3.63. The van der Waals surface area contributed by atoms with Crippen LogP contribution < -0.4 is 5.32 Å². The number of benzene rings is 1. The third-order valence-electron chi connectivity index (χ3n) is 7.14. The van der Waals surface area contributed by atoms with E-state index in [2.05, 4.69) is 23.2 Å². The molecular formula is C21H24N2O4. The Morgan fingerprint density at radius 1 is 1.37 bits per heavy atom. The Hall–Kier alpha value is -2.34. The number of methoxy groups -OCH3 is 1. The second-order valence-corrected chi connectivity index (χ2v) is 8.14. The van der Waals surface area contributed by atoms with Crippen LogP contribution in [0.15, 0.2) is 36.1 Å². The molecule has 27 heavy (non-hydrogen) atoms. The molecule has 0 bridgehead atoms. The van der Waals surface area contributed by atoms with Gasteiger partial charge in [0.1, 0.15) is 0 Å². The van der Waals surface area contributed by atoms with E-state index < -0.39 is 5.41 Å². The van der Waals surface area contributed by atoms with E-state index in [4.69, 9.17) is 9.47 Å². The summed E-state index contributed by atoms with van der Waals surface area (Å²) >= 11 is 0. The molecule has 6 nitrogen and oxygen atoms in total. The molecule has 1 spiro atoms. The number of anilines is 1. The van der Waals surface area contributed by atoms with Gasteiger partial charge in [-0.1, -0.05) is 18.2 Å². The zero-order valence-corrected chi connectivity index (χ0v) is 15.6. The van der Waals surface area contributed by atoms with E-state index in [0.717, 1.165) is 37.2 Å². The molecule has 4 heterocycles. The first kappa shape index (κ1) is 16.8. The molecule has 6 heteroatoms. The molecule has 5 rings (SSSR count). The van der Waals surface area contributed by atoms with Gasteiger partial charge >= 0.3 is 5.97 Å². The maximum absolute atomic E-state index is 13.1. The number of carbonyl (C=O) groups is 2. The number of esters is 1. The summed E-state index contributed by atoms with van der Waals surface area (Å²) in [7, 11) is 1.41. The van der Waals surface area contributed by atoms with Crippen LogP contribution >= 0.6 is 0 Å². The maximum Gasteiger partial charge on any atom is 0.337 e. The maximum atomic E-state index is 13.1. The van der Waals surface area contributed by atoms with E-state index in [1.165, 1.54) is 7.11 Å². The normalized spacial score (nSPS) is 37.0. The lowest BCUT2D eigenvalue weighted by molar-refractivity contribution is -0.139. The van der Waals surface area contributed by atoms with Crippen molar-refractivity contribution in [2.45, 2.75) is 37.3 Å². The van der Waals surface area contributed by atoms with Crippen molar-refractivity contribution in [1.82, 2.24) is 4.90 Å². The second kappa shape index (κ2) is 5.83. The highest BCUT2D eigenvalue weighted by Crippen LogP contribution is 2.53. The van der Waals surface area contributed by atoms with Gasteiger partial charge in [0.2, 0.25) is 5.91 Å². The third-order valence-corrected chi connectivity index (χ3v) is 7.14. The minimum absolute atomic E-state index is 0.0468. The van der Waals surface area contributed by atoms with Gasteiger partial charge in [-0.15, -0.1) is 0 Å². The molecule has 4 aliphatic heterocycles. The largest absolute Gasteiger partial charge is 0.497 e. The number of piperidine rings is 1. The number of ether oxygens (including phenoxy) is 2. The topological polar surface area (TPSA) is 67.9 Å². The van der Waals surface area contributed by atoms with Gasteiger partial charge in [-0.05, 0) is 37.9 Å². The van der Waals surface area contributed by atoms with E-state index in [1.807, 2.05) is 18.2 Å². The van der Waals surface area contributed by atoms with Gasteiger partial charge in [0.25, 0.3) is 0 Å². The highest BCUT2D eigenvalue weighted by atomic mass is 16.5. The predicted octanol–water partition coefficient (Wildman–Crippen LogP) is 2.06.